The Kier molecular flexibility index (Phi) is 7.27. The minimum atomic E-state index is -2.62. The predicted molar refractivity (Wildman–Crippen MR) is 132 cm³/mol. The fraction of sp³-hybridized carbons (Fsp3) is 0.0417. The maximum absolute atomic E-state index is 14.6. The van der Waals surface area contributed by atoms with E-state index in [0.29, 0.717) is 28.8 Å². The van der Waals surface area contributed by atoms with Gasteiger partial charge in [-0.25, -0.2) is 27.9 Å². The summed E-state index contributed by atoms with van der Waals surface area (Å²) in [6.07, 6.45) is 1.76. The second-order valence-electron chi connectivity index (χ2n) is 7.18. The van der Waals surface area contributed by atoms with E-state index in [-0.39, 0.29) is 5.82 Å². The molecule has 0 unspecified atom stereocenters. The number of nitrogens with two attached hydrogens (primary N) is 1. The smallest absolute Gasteiger partial charge is 0.227 e. The summed E-state index contributed by atoms with van der Waals surface area (Å²) in [4.78, 5) is 13.9. The van der Waals surface area contributed by atoms with Crippen LogP contribution >= 0.6 is 11.6 Å². The van der Waals surface area contributed by atoms with Crippen LogP contribution in [0.25, 0.3) is 11.3 Å². The molecule has 0 atom stereocenters. The normalized spacial score (nSPS) is 11.9. The van der Waals surface area contributed by atoms with Gasteiger partial charge in [-0.3, -0.25) is 4.99 Å². The molecule has 34 heavy (non-hydrogen) atoms. The molecule has 0 aliphatic carbocycles. The molecule has 1 aliphatic rings. The molecule has 4 aromatic rings. The van der Waals surface area contributed by atoms with E-state index in [1.165, 1.54) is 6.07 Å². The van der Waals surface area contributed by atoms with Crippen molar-refractivity contribution in [2.75, 3.05) is 5.32 Å². The van der Waals surface area contributed by atoms with Gasteiger partial charge in [0.2, 0.25) is 5.95 Å². The van der Waals surface area contributed by atoms with Crippen molar-refractivity contribution >= 4 is 39.8 Å². The molecule has 0 spiro atoms. The third-order valence-electron chi connectivity index (χ3n) is 4.92. The fourth-order valence-electron chi connectivity index (χ4n) is 3.52. The zero-order valence-electron chi connectivity index (χ0n) is 17.7. The van der Waals surface area contributed by atoms with Crippen LogP contribution in [-0.4, -0.2) is 24.1 Å². The lowest BCUT2D eigenvalue weighted by Gasteiger charge is -2.13. The van der Waals surface area contributed by atoms with Gasteiger partial charge in [-0.2, -0.15) is 0 Å². The number of aromatic nitrogens is 2. The molecule has 172 valence electrons. The number of hydrogen-bond donors (Lipinski definition) is 3. The maximum Gasteiger partial charge on any atom is 0.227 e. The Morgan fingerprint density at radius 2 is 1.65 bits per heavy atom. The Hall–Kier alpha value is -3.66. The van der Waals surface area contributed by atoms with Crippen molar-refractivity contribution in [1.82, 2.24) is 9.97 Å². The summed E-state index contributed by atoms with van der Waals surface area (Å²) < 4.78 is 32.2. The second-order valence-corrected chi connectivity index (χ2v) is 8.19. The molecule has 3 N–H and O–H groups in total. The highest BCUT2D eigenvalue weighted by Gasteiger charge is 2.23. The summed E-state index contributed by atoms with van der Waals surface area (Å²) in [5.41, 5.74) is 5.09. The van der Waals surface area contributed by atoms with Gasteiger partial charge in [0.05, 0.1) is 18.0 Å². The largest absolute Gasteiger partial charge is 0.324 e. The molecule has 0 saturated carbocycles. The number of nitrogens with zero attached hydrogens (tertiary/aromatic N) is 3. The number of thiol groups is 1. The third-order valence-corrected chi connectivity index (χ3v) is 5.16. The first-order valence-electron chi connectivity index (χ1n) is 10.1. The van der Waals surface area contributed by atoms with Crippen molar-refractivity contribution < 1.29 is 12.8 Å². The Balaban J connectivity index is 0.000000636. The minimum absolute atomic E-state index is 0.328. The van der Waals surface area contributed by atoms with Gasteiger partial charge in [-0.05, 0) is 36.4 Å². The fourth-order valence-corrected chi connectivity index (χ4v) is 3.69. The molecule has 2 heterocycles. The number of hydrogen-bond acceptors (Lipinski definition) is 6. The second kappa shape index (κ2) is 10.5. The summed E-state index contributed by atoms with van der Waals surface area (Å²) in [6, 6.07) is 21.9. The van der Waals surface area contributed by atoms with E-state index in [9.17, 15) is 4.39 Å². The Labute approximate surface area is 202 Å². The molecule has 0 amide bonds. The van der Waals surface area contributed by atoms with Gasteiger partial charge in [0.1, 0.15) is 5.82 Å². The Morgan fingerprint density at radius 3 is 2.38 bits per heavy atom. The number of rotatable bonds is 3. The van der Waals surface area contributed by atoms with Crippen LogP contribution in [0.3, 0.4) is 0 Å². The number of halogens is 2. The molecular weight excluding hydrogens is 477 g/mol. The monoisotopic (exact) mass is 495 g/mol. The van der Waals surface area contributed by atoms with Crippen molar-refractivity contribution in [2.24, 2.45) is 10.1 Å². The van der Waals surface area contributed by atoms with Gasteiger partial charge >= 0.3 is 0 Å². The van der Waals surface area contributed by atoms with Crippen LogP contribution in [0.4, 0.5) is 16.0 Å². The van der Waals surface area contributed by atoms with Crippen molar-refractivity contribution in [3.8, 4) is 11.3 Å². The van der Waals surface area contributed by atoms with Crippen molar-refractivity contribution in [1.29, 1.82) is 0 Å². The van der Waals surface area contributed by atoms with Gasteiger partial charge in [-0.1, -0.05) is 48.0 Å². The molecule has 3 aromatic carbocycles. The molecule has 5 rings (SSSR count). The molecule has 0 fully saturated rings. The quantitative estimate of drug-likeness (QED) is 0.362. The van der Waals surface area contributed by atoms with Crippen molar-refractivity contribution in [2.45, 2.75) is 6.54 Å². The summed E-state index contributed by atoms with van der Waals surface area (Å²) in [6.45, 7) is 0.344. The highest BCUT2D eigenvalue weighted by atomic mass is 35.5. The third kappa shape index (κ3) is 5.45. The van der Waals surface area contributed by atoms with Gasteiger partial charge in [-0.15, -0.1) is 0 Å². The molecular formula is C24H19ClFN5O2S. The van der Waals surface area contributed by atoms with Crippen LogP contribution in [0.1, 0.15) is 16.7 Å². The maximum atomic E-state index is 14.6. The van der Waals surface area contributed by atoms with Crippen LogP contribution in [0.2, 0.25) is 5.02 Å². The lowest BCUT2D eigenvalue weighted by atomic mass is 9.95. The number of fused-ring (bicyclic) bond motifs is 3. The van der Waals surface area contributed by atoms with E-state index < -0.39 is 10.9 Å². The number of aliphatic imine (C=N–C) groups is 1. The average Bonchev–Trinajstić information content (AvgIpc) is 2.96. The van der Waals surface area contributed by atoms with Crippen molar-refractivity contribution in [3.63, 3.8) is 0 Å². The van der Waals surface area contributed by atoms with E-state index in [0.717, 1.165) is 28.1 Å². The molecule has 0 saturated heterocycles. The summed E-state index contributed by atoms with van der Waals surface area (Å²) in [7, 11) is -2.62. The molecule has 10 heteroatoms. The minimum Gasteiger partial charge on any atom is -0.324 e. The summed E-state index contributed by atoms with van der Waals surface area (Å²) in [5.74, 6) is 0.154. The summed E-state index contributed by atoms with van der Waals surface area (Å²) in [5, 5.41) is 7.84. The van der Waals surface area contributed by atoms with E-state index in [4.69, 9.17) is 30.0 Å². The molecule has 0 bridgehead atoms. The van der Waals surface area contributed by atoms with Gasteiger partial charge in [0, 0.05) is 39.2 Å². The van der Waals surface area contributed by atoms with Crippen molar-refractivity contribution in [3.05, 3.63) is 107 Å². The topological polar surface area (TPSA) is 110 Å². The van der Waals surface area contributed by atoms with Crippen LogP contribution in [0.15, 0.2) is 84.0 Å². The van der Waals surface area contributed by atoms with Crippen LogP contribution in [0.5, 0.6) is 0 Å². The average molecular weight is 496 g/mol. The number of anilines is 2. The molecule has 1 aliphatic heterocycles. The van der Waals surface area contributed by atoms with E-state index in [2.05, 4.69) is 15.4 Å². The lowest BCUT2D eigenvalue weighted by molar-refractivity contribution is 0.616. The number of para-hydroxylation sites is 1. The van der Waals surface area contributed by atoms with Crippen LogP contribution in [-0.2, 0) is 17.4 Å². The Morgan fingerprint density at radius 1 is 0.941 bits per heavy atom. The van der Waals surface area contributed by atoms with Gasteiger partial charge in [0.15, 0.2) is 10.9 Å². The number of benzene rings is 3. The summed E-state index contributed by atoms with van der Waals surface area (Å²) >= 11 is 6.29. The SMILES string of the molecule is Fc1ccccc1C1=NCc2cnc(Nc3ccccc3)nc2-c2ccc(Cl)cc21.N[SH](=O)=O. The first kappa shape index (κ1) is 23.5. The van der Waals surface area contributed by atoms with E-state index >= 15 is 0 Å². The highest BCUT2D eigenvalue weighted by molar-refractivity contribution is 7.69. The van der Waals surface area contributed by atoms with E-state index in [1.807, 2.05) is 42.5 Å². The predicted octanol–water partition coefficient (Wildman–Crippen LogP) is 4.50. The first-order chi connectivity index (χ1) is 16.4. The molecule has 0 radical (unpaired) electrons. The molecule has 1 aromatic heterocycles. The standard InChI is InChI=1S/C24H16ClFN4.H3NO2S/c25-16-10-11-18-20(12-16)23(19-8-4-5-9-21(19)26)27-13-15-14-28-24(30-22(15)18)29-17-6-2-1-3-7-17;1-4(2)3/h1-12,14H,13H2,(H,28,29,30);4H,(H2,1,2,3). The zero-order chi connectivity index (χ0) is 24.1. The number of nitrogens with one attached hydrogen (secondary N) is 1. The lowest BCUT2D eigenvalue weighted by Crippen LogP contribution is -2.07. The Bertz CT molecular complexity index is 1440. The van der Waals surface area contributed by atoms with Crippen LogP contribution < -0.4 is 10.5 Å². The molecule has 7 nitrogen and oxygen atoms in total. The first-order valence-corrected chi connectivity index (χ1v) is 11.7. The highest BCUT2D eigenvalue weighted by Crippen LogP contribution is 2.34. The van der Waals surface area contributed by atoms with Gasteiger partial charge < -0.3 is 5.32 Å². The van der Waals surface area contributed by atoms with E-state index in [1.54, 1.807) is 30.5 Å². The van der Waals surface area contributed by atoms with Gasteiger partial charge in [0.25, 0.3) is 0 Å². The zero-order valence-corrected chi connectivity index (χ0v) is 19.3. The van der Waals surface area contributed by atoms with Crippen LogP contribution in [0, 0.1) is 5.82 Å².